The quantitative estimate of drug-likeness (QED) is 0.129. The Bertz CT molecular complexity index is 1040. The second-order valence-corrected chi connectivity index (χ2v) is 8.07. The minimum absolute atomic E-state index is 0.106. The maximum atomic E-state index is 12.1. The van der Waals surface area contributed by atoms with E-state index in [-0.39, 0.29) is 43.4 Å². The van der Waals surface area contributed by atoms with Gasteiger partial charge in [0.15, 0.2) is 0 Å². The van der Waals surface area contributed by atoms with Gasteiger partial charge >= 0.3 is 5.97 Å². The number of nitro groups is 2. The van der Waals surface area contributed by atoms with E-state index in [1.54, 1.807) is 0 Å². The molecular formula is C22H27N5O9. The van der Waals surface area contributed by atoms with Gasteiger partial charge in [0.25, 0.3) is 23.2 Å². The highest BCUT2D eigenvalue weighted by atomic mass is 16.6. The van der Waals surface area contributed by atoms with Crippen LogP contribution in [0.15, 0.2) is 30.4 Å². The van der Waals surface area contributed by atoms with Gasteiger partial charge in [0.05, 0.1) is 15.9 Å². The van der Waals surface area contributed by atoms with E-state index in [1.807, 2.05) is 0 Å². The number of carboxylic acids is 1. The van der Waals surface area contributed by atoms with E-state index >= 15 is 0 Å². The van der Waals surface area contributed by atoms with Crippen LogP contribution in [0.4, 0.5) is 17.1 Å². The molecule has 1 aromatic carbocycles. The molecular weight excluding hydrogens is 478 g/mol. The minimum Gasteiger partial charge on any atom is -0.480 e. The molecule has 0 aliphatic carbocycles. The topological polar surface area (TPSA) is 202 Å². The molecule has 14 heteroatoms. The minimum atomic E-state index is -1.18. The fourth-order valence-corrected chi connectivity index (χ4v) is 3.54. The van der Waals surface area contributed by atoms with Gasteiger partial charge in [-0.2, -0.15) is 0 Å². The number of carboxylic acid groups (broad SMARTS) is 1. The molecule has 0 bridgehead atoms. The van der Waals surface area contributed by atoms with Crippen LogP contribution in [0.25, 0.3) is 0 Å². The molecule has 194 valence electrons. The standard InChI is InChI=1S/C22H27N5O9/c28-19(7-2-1-5-13-25-20(29)10-11-21(25)30)24-17(22(31)32)6-3-4-12-23-16-9-8-15(26(33)34)14-18(16)27(35)36/h8-11,14,17,23H,1-7,12-13H2,(H,24,28)(H,31,32). The van der Waals surface area contributed by atoms with Crippen LogP contribution in [-0.4, -0.2) is 62.7 Å². The number of nitro benzene ring substituents is 2. The summed E-state index contributed by atoms with van der Waals surface area (Å²) in [5, 5.41) is 36.6. The summed E-state index contributed by atoms with van der Waals surface area (Å²) in [7, 11) is 0. The smallest absolute Gasteiger partial charge is 0.326 e. The molecule has 1 unspecified atom stereocenters. The van der Waals surface area contributed by atoms with E-state index in [1.165, 1.54) is 18.2 Å². The van der Waals surface area contributed by atoms with Crippen LogP contribution in [0.1, 0.15) is 44.9 Å². The zero-order valence-corrected chi connectivity index (χ0v) is 19.4. The molecule has 0 aromatic heterocycles. The van der Waals surface area contributed by atoms with Crippen molar-refractivity contribution >= 4 is 40.8 Å². The molecule has 1 aromatic rings. The number of rotatable bonds is 16. The lowest BCUT2D eigenvalue weighted by atomic mass is 10.1. The van der Waals surface area contributed by atoms with Gasteiger partial charge in [-0.15, -0.1) is 0 Å². The van der Waals surface area contributed by atoms with Gasteiger partial charge in [0.1, 0.15) is 11.7 Å². The molecule has 0 saturated carbocycles. The molecule has 0 spiro atoms. The van der Waals surface area contributed by atoms with Gasteiger partial charge in [-0.1, -0.05) is 6.42 Å². The maximum Gasteiger partial charge on any atom is 0.326 e. The van der Waals surface area contributed by atoms with Crippen molar-refractivity contribution in [3.05, 3.63) is 50.6 Å². The zero-order chi connectivity index (χ0) is 26.7. The Kier molecular flexibility index (Phi) is 10.5. The molecule has 0 saturated heterocycles. The number of imide groups is 1. The summed E-state index contributed by atoms with van der Waals surface area (Å²) >= 11 is 0. The number of anilines is 1. The maximum absolute atomic E-state index is 12.1. The molecule has 3 N–H and O–H groups in total. The summed E-state index contributed by atoms with van der Waals surface area (Å²) in [5.41, 5.74) is -0.722. The number of hydrogen-bond acceptors (Lipinski definition) is 9. The zero-order valence-electron chi connectivity index (χ0n) is 19.4. The van der Waals surface area contributed by atoms with Crippen LogP contribution in [0.3, 0.4) is 0 Å². The van der Waals surface area contributed by atoms with E-state index in [0.717, 1.165) is 17.0 Å². The molecule has 3 amide bonds. The van der Waals surface area contributed by atoms with Crippen molar-refractivity contribution in [3.63, 3.8) is 0 Å². The Morgan fingerprint density at radius 2 is 1.67 bits per heavy atom. The largest absolute Gasteiger partial charge is 0.480 e. The third-order valence-electron chi connectivity index (χ3n) is 5.44. The predicted octanol–water partition coefficient (Wildman–Crippen LogP) is 2.14. The molecule has 0 fully saturated rings. The lowest BCUT2D eigenvalue weighted by Crippen LogP contribution is -2.40. The summed E-state index contributed by atoms with van der Waals surface area (Å²) in [5.74, 6) is -2.32. The van der Waals surface area contributed by atoms with Gasteiger partial charge < -0.3 is 15.7 Å². The Labute approximate surface area is 205 Å². The van der Waals surface area contributed by atoms with Gasteiger partial charge in [0.2, 0.25) is 5.91 Å². The van der Waals surface area contributed by atoms with Crippen molar-refractivity contribution < 1.29 is 34.1 Å². The number of nitrogens with zero attached hydrogens (tertiary/aromatic N) is 3. The summed E-state index contributed by atoms with van der Waals surface area (Å²) in [6, 6.07) is 2.17. The SMILES string of the molecule is O=C(CCCCCN1C(=O)C=CC1=O)NC(CCCCNc1ccc([N+](=O)[O-])cc1[N+](=O)[O-])C(=O)O. The molecule has 1 atom stereocenters. The lowest BCUT2D eigenvalue weighted by molar-refractivity contribution is -0.393. The van der Waals surface area contributed by atoms with Gasteiger partial charge in [0, 0.05) is 37.7 Å². The average molecular weight is 505 g/mol. The van der Waals surface area contributed by atoms with E-state index < -0.39 is 39.1 Å². The number of unbranched alkanes of at least 4 members (excludes halogenated alkanes) is 3. The Morgan fingerprint density at radius 1 is 0.972 bits per heavy atom. The Hall–Kier alpha value is -4.36. The number of nitrogens with one attached hydrogen (secondary N) is 2. The van der Waals surface area contributed by atoms with Gasteiger partial charge in [-0.05, 0) is 38.2 Å². The summed E-state index contributed by atoms with van der Waals surface area (Å²) in [4.78, 5) is 68.1. The molecule has 36 heavy (non-hydrogen) atoms. The van der Waals surface area contributed by atoms with Crippen LogP contribution in [0.2, 0.25) is 0 Å². The number of aliphatic carboxylic acids is 1. The third-order valence-corrected chi connectivity index (χ3v) is 5.44. The van der Waals surface area contributed by atoms with E-state index in [9.17, 15) is 44.5 Å². The Morgan fingerprint density at radius 3 is 2.28 bits per heavy atom. The third kappa shape index (κ3) is 8.45. The second kappa shape index (κ2) is 13.5. The monoisotopic (exact) mass is 505 g/mol. The fourth-order valence-electron chi connectivity index (χ4n) is 3.54. The van der Waals surface area contributed by atoms with Crippen molar-refractivity contribution in [1.82, 2.24) is 10.2 Å². The average Bonchev–Trinajstić information content (AvgIpc) is 3.14. The van der Waals surface area contributed by atoms with Gasteiger partial charge in [-0.25, -0.2) is 4.79 Å². The van der Waals surface area contributed by atoms with Gasteiger partial charge in [-0.3, -0.25) is 39.5 Å². The van der Waals surface area contributed by atoms with Crippen molar-refractivity contribution in [2.24, 2.45) is 0 Å². The van der Waals surface area contributed by atoms with Crippen LogP contribution in [-0.2, 0) is 19.2 Å². The number of hydrogen-bond donors (Lipinski definition) is 3. The highest BCUT2D eigenvalue weighted by Crippen LogP contribution is 2.28. The molecule has 2 rings (SSSR count). The van der Waals surface area contributed by atoms with Crippen molar-refractivity contribution in [2.75, 3.05) is 18.4 Å². The first kappa shape index (κ1) is 27.9. The van der Waals surface area contributed by atoms with Crippen molar-refractivity contribution in [3.8, 4) is 0 Å². The van der Waals surface area contributed by atoms with E-state index in [4.69, 9.17) is 0 Å². The van der Waals surface area contributed by atoms with E-state index in [0.29, 0.717) is 32.1 Å². The normalized spacial score (nSPS) is 13.5. The van der Waals surface area contributed by atoms with Crippen molar-refractivity contribution in [2.45, 2.75) is 51.0 Å². The first-order valence-electron chi connectivity index (χ1n) is 11.3. The molecule has 0 radical (unpaired) electrons. The highest BCUT2D eigenvalue weighted by molar-refractivity contribution is 6.12. The molecule has 1 aliphatic heterocycles. The lowest BCUT2D eigenvalue weighted by Gasteiger charge is -2.15. The number of amides is 3. The highest BCUT2D eigenvalue weighted by Gasteiger charge is 2.23. The Balaban J connectivity index is 1.68. The molecule has 1 heterocycles. The summed E-state index contributed by atoms with van der Waals surface area (Å²) in [6.45, 7) is 0.525. The first-order chi connectivity index (χ1) is 17.1. The summed E-state index contributed by atoms with van der Waals surface area (Å²) in [6.07, 6.45) is 5.10. The number of carbonyl (C=O) groups is 4. The second-order valence-electron chi connectivity index (χ2n) is 8.07. The van der Waals surface area contributed by atoms with Crippen LogP contribution in [0.5, 0.6) is 0 Å². The van der Waals surface area contributed by atoms with Crippen molar-refractivity contribution in [1.29, 1.82) is 0 Å². The predicted molar refractivity (Wildman–Crippen MR) is 126 cm³/mol. The van der Waals surface area contributed by atoms with Crippen LogP contribution >= 0.6 is 0 Å². The van der Waals surface area contributed by atoms with Crippen LogP contribution in [0, 0.1) is 20.2 Å². The fraction of sp³-hybridized carbons (Fsp3) is 0.455. The number of non-ortho nitro benzene ring substituents is 1. The van der Waals surface area contributed by atoms with E-state index in [2.05, 4.69) is 10.6 Å². The number of benzene rings is 1. The molecule has 14 nitrogen and oxygen atoms in total. The number of carbonyl (C=O) groups excluding carboxylic acids is 3. The summed E-state index contributed by atoms with van der Waals surface area (Å²) < 4.78 is 0. The van der Waals surface area contributed by atoms with Crippen LogP contribution < -0.4 is 10.6 Å². The molecule has 1 aliphatic rings. The first-order valence-corrected chi connectivity index (χ1v) is 11.3.